The molecule has 1 N–H and O–H groups in total. The highest BCUT2D eigenvalue weighted by molar-refractivity contribution is 5.78. The molecule has 0 rings (SSSR count). The highest BCUT2D eigenvalue weighted by Gasteiger charge is 2.25. The molecule has 100 valence electrons. The molecule has 2 nitrogen and oxygen atoms in total. The fourth-order valence-corrected chi connectivity index (χ4v) is 0.795. The maximum Gasteiger partial charge on any atom is 0.223 e. The molecule has 0 spiro atoms. The molecule has 16 heavy (non-hydrogen) atoms. The van der Waals surface area contributed by atoms with Crippen molar-refractivity contribution in [3.63, 3.8) is 0 Å². The standard InChI is InChI=1S/C10H21NO.2C2H6/c1-6-7-11-9(12)8(2)10(3,4)5;2*1-2/h8H,6-7H2,1-5H3,(H,11,12);2*1-2H3/t8-;;/m1../s1. The predicted octanol–water partition coefficient (Wildman–Crippen LogP) is 4.25. The normalized spacial score (nSPS) is 11.3. The van der Waals surface area contributed by atoms with Gasteiger partial charge in [0.05, 0.1) is 0 Å². The first-order valence-electron chi connectivity index (χ1n) is 6.67. The molecule has 0 aromatic heterocycles. The quantitative estimate of drug-likeness (QED) is 0.773. The lowest BCUT2D eigenvalue weighted by Gasteiger charge is -2.25. The largest absolute Gasteiger partial charge is 0.356 e. The molecule has 0 aliphatic rings. The maximum absolute atomic E-state index is 11.4. The lowest BCUT2D eigenvalue weighted by molar-refractivity contribution is -0.127. The SMILES string of the molecule is CC.CC.CCCNC(=O)[C@@H](C)C(C)(C)C. The van der Waals surface area contributed by atoms with Gasteiger partial charge in [0.2, 0.25) is 5.91 Å². The van der Waals surface area contributed by atoms with Crippen molar-refractivity contribution in [2.75, 3.05) is 6.54 Å². The van der Waals surface area contributed by atoms with E-state index in [1.807, 2.05) is 34.6 Å². The predicted molar refractivity (Wildman–Crippen MR) is 74.6 cm³/mol. The number of rotatable bonds is 3. The van der Waals surface area contributed by atoms with Crippen molar-refractivity contribution in [1.29, 1.82) is 0 Å². The van der Waals surface area contributed by atoms with Crippen molar-refractivity contribution in [3.8, 4) is 0 Å². The van der Waals surface area contributed by atoms with Crippen molar-refractivity contribution in [2.24, 2.45) is 11.3 Å². The van der Waals surface area contributed by atoms with Crippen LogP contribution in [-0.2, 0) is 4.79 Å². The Morgan fingerprint density at radius 1 is 1.12 bits per heavy atom. The summed E-state index contributed by atoms with van der Waals surface area (Å²) in [5.41, 5.74) is 0.0673. The van der Waals surface area contributed by atoms with Gasteiger partial charge < -0.3 is 5.32 Å². The summed E-state index contributed by atoms with van der Waals surface area (Å²) >= 11 is 0. The fourth-order valence-electron chi connectivity index (χ4n) is 0.795. The van der Waals surface area contributed by atoms with Crippen molar-refractivity contribution in [1.82, 2.24) is 5.32 Å². The van der Waals surface area contributed by atoms with E-state index in [0.717, 1.165) is 13.0 Å². The molecule has 0 saturated carbocycles. The minimum Gasteiger partial charge on any atom is -0.356 e. The van der Waals surface area contributed by atoms with Gasteiger partial charge >= 0.3 is 0 Å². The summed E-state index contributed by atoms with van der Waals surface area (Å²) in [6.45, 7) is 19.1. The molecule has 0 radical (unpaired) electrons. The summed E-state index contributed by atoms with van der Waals surface area (Å²) in [5.74, 6) is 0.258. The molecular formula is C14H33NO. The summed E-state index contributed by atoms with van der Waals surface area (Å²) in [4.78, 5) is 11.4. The van der Waals surface area contributed by atoms with Gasteiger partial charge in [0.15, 0.2) is 0 Å². The summed E-state index contributed by atoms with van der Waals surface area (Å²) in [5, 5.41) is 2.90. The average Bonchev–Trinajstić information content (AvgIpc) is 2.29. The average molecular weight is 231 g/mol. The van der Waals surface area contributed by atoms with Gasteiger partial charge in [-0.2, -0.15) is 0 Å². The number of carbonyl (C=O) groups excluding carboxylic acids is 1. The van der Waals surface area contributed by atoms with Crippen molar-refractivity contribution < 1.29 is 4.79 Å². The van der Waals surface area contributed by atoms with E-state index in [1.165, 1.54) is 0 Å². The smallest absolute Gasteiger partial charge is 0.223 e. The van der Waals surface area contributed by atoms with E-state index < -0.39 is 0 Å². The number of nitrogens with one attached hydrogen (secondary N) is 1. The fraction of sp³-hybridized carbons (Fsp3) is 0.929. The Labute approximate surface area is 103 Å². The Morgan fingerprint density at radius 3 is 1.75 bits per heavy atom. The Kier molecular flexibility index (Phi) is 16.3. The third kappa shape index (κ3) is 11.5. The van der Waals surface area contributed by atoms with E-state index in [2.05, 4.69) is 33.0 Å². The van der Waals surface area contributed by atoms with Gasteiger partial charge in [-0.15, -0.1) is 0 Å². The Bertz CT molecular complexity index is 147. The topological polar surface area (TPSA) is 29.1 Å². The lowest BCUT2D eigenvalue weighted by Crippen LogP contribution is -2.36. The van der Waals surface area contributed by atoms with Crippen LogP contribution in [0.2, 0.25) is 0 Å². The molecular weight excluding hydrogens is 198 g/mol. The van der Waals surface area contributed by atoms with Crippen LogP contribution in [0, 0.1) is 11.3 Å². The van der Waals surface area contributed by atoms with Crippen LogP contribution in [0.5, 0.6) is 0 Å². The minimum absolute atomic E-state index is 0.0673. The number of carbonyl (C=O) groups is 1. The third-order valence-corrected chi connectivity index (χ3v) is 2.24. The number of hydrogen-bond donors (Lipinski definition) is 1. The first kappa shape index (κ1) is 20.8. The molecule has 0 fully saturated rings. The number of hydrogen-bond acceptors (Lipinski definition) is 1. The van der Waals surface area contributed by atoms with Gasteiger partial charge in [-0.1, -0.05) is 62.3 Å². The highest BCUT2D eigenvalue weighted by atomic mass is 16.1. The van der Waals surface area contributed by atoms with Gasteiger partial charge in [-0.05, 0) is 11.8 Å². The summed E-state index contributed by atoms with van der Waals surface area (Å²) < 4.78 is 0. The summed E-state index contributed by atoms with van der Waals surface area (Å²) in [7, 11) is 0. The maximum atomic E-state index is 11.4. The van der Waals surface area contributed by atoms with E-state index in [0.29, 0.717) is 0 Å². The molecule has 2 heteroatoms. The van der Waals surface area contributed by atoms with E-state index in [1.54, 1.807) is 0 Å². The van der Waals surface area contributed by atoms with Crippen LogP contribution >= 0.6 is 0 Å². The monoisotopic (exact) mass is 231 g/mol. The van der Waals surface area contributed by atoms with Gasteiger partial charge in [0, 0.05) is 12.5 Å². The van der Waals surface area contributed by atoms with Crippen LogP contribution in [0.1, 0.15) is 68.7 Å². The van der Waals surface area contributed by atoms with E-state index >= 15 is 0 Å². The molecule has 1 atom stereocenters. The molecule has 0 aromatic carbocycles. The van der Waals surface area contributed by atoms with Gasteiger partial charge in [-0.25, -0.2) is 0 Å². The second-order valence-corrected chi connectivity index (χ2v) is 4.38. The first-order chi connectivity index (χ1) is 7.39. The first-order valence-corrected chi connectivity index (χ1v) is 6.67. The van der Waals surface area contributed by atoms with Crippen LogP contribution < -0.4 is 5.32 Å². The molecule has 0 aliphatic carbocycles. The van der Waals surface area contributed by atoms with E-state index in [9.17, 15) is 4.79 Å². The van der Waals surface area contributed by atoms with Crippen LogP contribution in [-0.4, -0.2) is 12.5 Å². The second kappa shape index (κ2) is 12.5. The van der Waals surface area contributed by atoms with E-state index in [4.69, 9.17) is 0 Å². The zero-order valence-corrected chi connectivity index (χ0v) is 12.9. The van der Waals surface area contributed by atoms with E-state index in [-0.39, 0.29) is 17.2 Å². The summed E-state index contributed by atoms with van der Waals surface area (Å²) in [6, 6.07) is 0. The van der Waals surface area contributed by atoms with Crippen LogP contribution in [0.3, 0.4) is 0 Å². The van der Waals surface area contributed by atoms with Crippen LogP contribution in [0.25, 0.3) is 0 Å². The highest BCUT2D eigenvalue weighted by Crippen LogP contribution is 2.24. The Balaban J connectivity index is -0.000000376. The molecule has 0 aromatic rings. The Hall–Kier alpha value is -0.530. The van der Waals surface area contributed by atoms with Crippen LogP contribution in [0.4, 0.5) is 0 Å². The van der Waals surface area contributed by atoms with Gasteiger partial charge in [-0.3, -0.25) is 4.79 Å². The minimum atomic E-state index is 0.0673. The zero-order chi connectivity index (χ0) is 13.8. The molecule has 0 unspecified atom stereocenters. The lowest BCUT2D eigenvalue weighted by atomic mass is 9.81. The van der Waals surface area contributed by atoms with Gasteiger partial charge in [0.1, 0.15) is 0 Å². The molecule has 0 bridgehead atoms. The molecule has 0 heterocycles. The zero-order valence-electron chi connectivity index (χ0n) is 12.9. The summed E-state index contributed by atoms with van der Waals surface area (Å²) in [6.07, 6.45) is 1.00. The number of amides is 1. The van der Waals surface area contributed by atoms with Crippen LogP contribution in [0.15, 0.2) is 0 Å². The molecule has 1 amide bonds. The third-order valence-electron chi connectivity index (χ3n) is 2.24. The van der Waals surface area contributed by atoms with Crippen molar-refractivity contribution in [2.45, 2.75) is 68.7 Å². The molecule has 0 aliphatic heterocycles. The van der Waals surface area contributed by atoms with Gasteiger partial charge in [0.25, 0.3) is 0 Å². The second-order valence-electron chi connectivity index (χ2n) is 4.38. The molecule has 0 saturated heterocycles. The van der Waals surface area contributed by atoms with Crippen molar-refractivity contribution in [3.05, 3.63) is 0 Å². The van der Waals surface area contributed by atoms with Crippen molar-refractivity contribution >= 4 is 5.91 Å². The Morgan fingerprint density at radius 2 is 1.50 bits per heavy atom.